The van der Waals surface area contributed by atoms with Gasteiger partial charge in [-0.05, 0) is 63.9 Å². The lowest BCUT2D eigenvalue weighted by Crippen LogP contribution is -2.57. The molecule has 0 bridgehead atoms. The number of ether oxygens (including phenoxy) is 2. The van der Waals surface area contributed by atoms with E-state index in [1.54, 1.807) is 35.2 Å². The fraction of sp³-hybridized carbons (Fsp3) is 0.476. The highest BCUT2D eigenvalue weighted by Crippen LogP contribution is 2.39. The van der Waals surface area contributed by atoms with Gasteiger partial charge in [0.05, 0.1) is 18.8 Å². The topological polar surface area (TPSA) is 108 Å². The molecular formula is C21H26N4O5. The molecule has 1 aliphatic heterocycles. The van der Waals surface area contributed by atoms with E-state index >= 15 is 0 Å². The zero-order valence-electron chi connectivity index (χ0n) is 17.3. The van der Waals surface area contributed by atoms with Crippen LogP contribution in [0.25, 0.3) is 0 Å². The largest absolute Gasteiger partial charge is 0.487 e. The van der Waals surface area contributed by atoms with Gasteiger partial charge in [-0.2, -0.15) is 10.2 Å². The molecule has 1 saturated carbocycles. The minimum absolute atomic E-state index is 0.125. The Morgan fingerprint density at radius 2 is 1.87 bits per heavy atom. The first-order chi connectivity index (χ1) is 14.2. The molecule has 9 heteroatoms. The molecule has 2 amide bonds. The van der Waals surface area contributed by atoms with Crippen molar-refractivity contribution in [2.24, 2.45) is 0 Å². The number of likely N-dealkylation sites (tertiary alicyclic amines) is 1. The van der Waals surface area contributed by atoms with Crippen LogP contribution in [0.4, 0.5) is 10.5 Å². The molecule has 2 aliphatic rings. The second-order valence-electron chi connectivity index (χ2n) is 8.72. The van der Waals surface area contributed by atoms with E-state index in [1.165, 1.54) is 0 Å². The van der Waals surface area contributed by atoms with E-state index in [0.717, 1.165) is 18.5 Å². The Hall–Kier alpha value is -3.07. The molecule has 1 aromatic carbocycles. The van der Waals surface area contributed by atoms with E-state index in [9.17, 15) is 14.8 Å². The summed E-state index contributed by atoms with van der Waals surface area (Å²) in [5.74, 6) is 0.434. The third-order valence-electron chi connectivity index (χ3n) is 4.91. The highest BCUT2D eigenvalue weighted by molar-refractivity contribution is 6.03. The molecule has 4 rings (SSSR count). The Balaban J connectivity index is 1.29. The van der Waals surface area contributed by atoms with E-state index in [4.69, 9.17) is 9.47 Å². The van der Waals surface area contributed by atoms with Gasteiger partial charge in [0.1, 0.15) is 17.5 Å². The van der Waals surface area contributed by atoms with Crippen LogP contribution in [0, 0.1) is 0 Å². The molecule has 2 N–H and O–H groups in total. The Labute approximate surface area is 174 Å². The summed E-state index contributed by atoms with van der Waals surface area (Å²) >= 11 is 0. The minimum Gasteiger partial charge on any atom is -0.487 e. The SMILES string of the molecule is CC(C)(C)OC(=O)N1CC(Oc2ccc(N(O)C(=O)c3cc(C4CC4)[nH]n3)cc2)C1. The predicted octanol–water partition coefficient (Wildman–Crippen LogP) is 3.32. The van der Waals surface area contributed by atoms with Crippen molar-refractivity contribution < 1.29 is 24.3 Å². The molecule has 9 nitrogen and oxygen atoms in total. The average molecular weight is 414 g/mol. The second kappa shape index (κ2) is 7.64. The number of rotatable bonds is 5. The van der Waals surface area contributed by atoms with Crippen LogP contribution in [0.1, 0.15) is 55.7 Å². The Bertz CT molecular complexity index is 924. The number of hydroxylamine groups is 1. The van der Waals surface area contributed by atoms with Gasteiger partial charge in [-0.3, -0.25) is 15.1 Å². The summed E-state index contributed by atoms with van der Waals surface area (Å²) in [5.41, 5.74) is 0.891. The second-order valence-corrected chi connectivity index (χ2v) is 8.72. The number of anilines is 1. The molecule has 1 aliphatic carbocycles. The number of carbonyl (C=O) groups is 2. The van der Waals surface area contributed by atoms with E-state index in [0.29, 0.717) is 35.5 Å². The van der Waals surface area contributed by atoms with Gasteiger partial charge in [-0.25, -0.2) is 4.79 Å². The third kappa shape index (κ3) is 4.56. The first-order valence-electron chi connectivity index (χ1n) is 10.0. The van der Waals surface area contributed by atoms with Gasteiger partial charge in [0, 0.05) is 11.6 Å². The van der Waals surface area contributed by atoms with Crippen LogP contribution in [-0.4, -0.2) is 57.1 Å². The number of hydrogen-bond acceptors (Lipinski definition) is 6. The van der Waals surface area contributed by atoms with E-state index in [2.05, 4.69) is 10.2 Å². The van der Waals surface area contributed by atoms with Crippen molar-refractivity contribution in [2.75, 3.05) is 18.2 Å². The van der Waals surface area contributed by atoms with Crippen LogP contribution in [0.15, 0.2) is 30.3 Å². The van der Waals surface area contributed by atoms with Gasteiger partial charge in [0.15, 0.2) is 5.69 Å². The number of nitrogens with one attached hydrogen (secondary N) is 1. The summed E-state index contributed by atoms with van der Waals surface area (Å²) in [6.07, 6.45) is 1.71. The highest BCUT2D eigenvalue weighted by atomic mass is 16.6. The van der Waals surface area contributed by atoms with Crippen molar-refractivity contribution in [2.45, 2.75) is 51.2 Å². The summed E-state index contributed by atoms with van der Waals surface area (Å²) in [5, 5.41) is 17.7. The van der Waals surface area contributed by atoms with E-state index in [1.807, 2.05) is 20.8 Å². The van der Waals surface area contributed by atoms with Crippen molar-refractivity contribution >= 4 is 17.7 Å². The molecule has 2 fully saturated rings. The van der Waals surface area contributed by atoms with Crippen LogP contribution in [0.5, 0.6) is 5.75 Å². The van der Waals surface area contributed by atoms with Gasteiger partial charge in [-0.15, -0.1) is 0 Å². The maximum absolute atomic E-state index is 12.4. The van der Waals surface area contributed by atoms with Crippen molar-refractivity contribution in [3.8, 4) is 5.75 Å². The number of aromatic amines is 1. The minimum atomic E-state index is -0.598. The number of amides is 2. The number of nitrogens with zero attached hydrogens (tertiary/aromatic N) is 3. The first-order valence-corrected chi connectivity index (χ1v) is 10.0. The van der Waals surface area contributed by atoms with Crippen molar-refractivity contribution in [3.05, 3.63) is 41.7 Å². The molecule has 0 unspecified atom stereocenters. The molecule has 1 aromatic heterocycles. The molecule has 0 radical (unpaired) electrons. The summed E-state index contributed by atoms with van der Waals surface area (Å²) in [6, 6.07) is 8.20. The fourth-order valence-corrected chi connectivity index (χ4v) is 3.12. The van der Waals surface area contributed by atoms with Gasteiger partial charge in [0.25, 0.3) is 0 Å². The number of hydrogen-bond donors (Lipinski definition) is 2. The summed E-state index contributed by atoms with van der Waals surface area (Å²) in [7, 11) is 0. The third-order valence-corrected chi connectivity index (χ3v) is 4.91. The summed E-state index contributed by atoms with van der Waals surface area (Å²) in [4.78, 5) is 26.0. The Morgan fingerprint density at radius 3 is 2.47 bits per heavy atom. The summed E-state index contributed by atoms with van der Waals surface area (Å²) < 4.78 is 11.1. The lowest BCUT2D eigenvalue weighted by Gasteiger charge is -2.39. The zero-order valence-corrected chi connectivity index (χ0v) is 17.3. The Morgan fingerprint density at radius 1 is 1.20 bits per heavy atom. The molecule has 0 atom stereocenters. The molecule has 160 valence electrons. The smallest absolute Gasteiger partial charge is 0.410 e. The molecule has 2 aromatic rings. The number of H-pyrrole nitrogens is 1. The van der Waals surface area contributed by atoms with Crippen LogP contribution >= 0.6 is 0 Å². The lowest BCUT2D eigenvalue weighted by molar-refractivity contribution is -0.0221. The maximum Gasteiger partial charge on any atom is 0.410 e. The van der Waals surface area contributed by atoms with Gasteiger partial charge in [0.2, 0.25) is 0 Å². The molecule has 30 heavy (non-hydrogen) atoms. The fourth-order valence-electron chi connectivity index (χ4n) is 3.12. The molecule has 2 heterocycles. The predicted molar refractivity (Wildman–Crippen MR) is 108 cm³/mol. The van der Waals surface area contributed by atoms with Gasteiger partial charge < -0.3 is 14.4 Å². The van der Waals surface area contributed by atoms with Gasteiger partial charge in [-0.1, -0.05) is 0 Å². The number of aromatic nitrogens is 2. The van der Waals surface area contributed by atoms with Crippen LogP contribution in [0.3, 0.4) is 0 Å². The van der Waals surface area contributed by atoms with Gasteiger partial charge >= 0.3 is 12.0 Å². The van der Waals surface area contributed by atoms with Crippen LogP contribution in [-0.2, 0) is 4.74 Å². The monoisotopic (exact) mass is 414 g/mol. The van der Waals surface area contributed by atoms with Crippen molar-refractivity contribution in [1.82, 2.24) is 15.1 Å². The molecule has 0 spiro atoms. The summed E-state index contributed by atoms with van der Waals surface area (Å²) in [6.45, 7) is 6.38. The molecule has 1 saturated heterocycles. The quantitative estimate of drug-likeness (QED) is 0.574. The number of carbonyl (C=O) groups excluding carboxylic acids is 2. The van der Waals surface area contributed by atoms with E-state index < -0.39 is 11.5 Å². The van der Waals surface area contributed by atoms with E-state index in [-0.39, 0.29) is 17.9 Å². The lowest BCUT2D eigenvalue weighted by atomic mass is 10.1. The molecular weight excluding hydrogens is 388 g/mol. The average Bonchev–Trinajstić information content (AvgIpc) is 3.39. The van der Waals surface area contributed by atoms with Crippen LogP contribution < -0.4 is 9.80 Å². The maximum atomic E-state index is 12.4. The van der Waals surface area contributed by atoms with Crippen molar-refractivity contribution in [3.63, 3.8) is 0 Å². The Kier molecular flexibility index (Phi) is 5.15. The van der Waals surface area contributed by atoms with Crippen molar-refractivity contribution in [1.29, 1.82) is 0 Å². The standard InChI is InChI=1S/C21H26N4O5/c1-21(2,3)30-20(27)24-11-16(12-24)29-15-8-6-14(7-9-15)25(28)19(26)18-10-17(22-23-18)13-4-5-13/h6-10,13,16,28H,4-5,11-12H2,1-3H3,(H,22,23). The van der Waals surface area contributed by atoms with Crippen LogP contribution in [0.2, 0.25) is 0 Å². The zero-order chi connectivity index (χ0) is 21.5. The first kappa shape index (κ1) is 20.2. The normalized spacial score (nSPS) is 16.7. The highest BCUT2D eigenvalue weighted by Gasteiger charge is 2.35. The number of benzene rings is 1.